The summed E-state index contributed by atoms with van der Waals surface area (Å²) in [5.74, 6) is -0.0161. The molecule has 1 unspecified atom stereocenters. The highest BCUT2D eigenvalue weighted by atomic mass is 32.1. The molecule has 0 aromatic carbocycles. The van der Waals surface area contributed by atoms with Crippen molar-refractivity contribution in [2.45, 2.75) is 33.0 Å². The van der Waals surface area contributed by atoms with Crippen LogP contribution in [0.3, 0.4) is 0 Å². The summed E-state index contributed by atoms with van der Waals surface area (Å²) in [7, 11) is 0. The summed E-state index contributed by atoms with van der Waals surface area (Å²) in [6.07, 6.45) is 3.62. The van der Waals surface area contributed by atoms with Crippen LogP contribution in [0.4, 0.5) is 5.69 Å². The first-order valence-corrected chi connectivity index (χ1v) is 7.16. The molecule has 0 saturated heterocycles. The van der Waals surface area contributed by atoms with Gasteiger partial charge < -0.3 is 10.6 Å². The number of carbonyl (C=O) groups is 1. The third-order valence-electron chi connectivity index (χ3n) is 2.75. The Balaban J connectivity index is 1.81. The summed E-state index contributed by atoms with van der Waals surface area (Å²) in [6, 6.07) is 3.70. The lowest BCUT2D eigenvalue weighted by Gasteiger charge is -2.13. The maximum absolute atomic E-state index is 11.9. The van der Waals surface area contributed by atoms with Gasteiger partial charge in [0.15, 0.2) is 0 Å². The second-order valence-corrected chi connectivity index (χ2v) is 5.28. The summed E-state index contributed by atoms with van der Waals surface area (Å²) in [5, 5.41) is 12.2. The van der Waals surface area contributed by atoms with Crippen molar-refractivity contribution in [1.29, 1.82) is 0 Å². The van der Waals surface area contributed by atoms with Gasteiger partial charge in [0.05, 0.1) is 18.4 Å². The van der Waals surface area contributed by atoms with Crippen LogP contribution in [0.25, 0.3) is 0 Å². The van der Waals surface area contributed by atoms with E-state index in [0.717, 1.165) is 17.1 Å². The predicted molar refractivity (Wildman–Crippen MR) is 77.2 cm³/mol. The molecule has 0 saturated carbocycles. The lowest BCUT2D eigenvalue weighted by Crippen LogP contribution is -2.36. The molecule has 6 heteroatoms. The number of nitrogens with zero attached hydrogens (tertiary/aromatic N) is 2. The van der Waals surface area contributed by atoms with Crippen LogP contribution in [-0.2, 0) is 17.9 Å². The Labute approximate surface area is 116 Å². The van der Waals surface area contributed by atoms with Gasteiger partial charge in [-0.3, -0.25) is 9.48 Å². The highest BCUT2D eigenvalue weighted by Gasteiger charge is 2.13. The zero-order chi connectivity index (χ0) is 13.7. The van der Waals surface area contributed by atoms with Crippen molar-refractivity contribution in [3.63, 3.8) is 0 Å². The van der Waals surface area contributed by atoms with Crippen LogP contribution in [0.15, 0.2) is 29.9 Å². The van der Waals surface area contributed by atoms with Crippen molar-refractivity contribution in [1.82, 2.24) is 15.1 Å². The molecule has 0 aliphatic heterocycles. The van der Waals surface area contributed by atoms with Gasteiger partial charge in [0.25, 0.3) is 0 Å². The molecule has 19 heavy (non-hydrogen) atoms. The lowest BCUT2D eigenvalue weighted by molar-refractivity contribution is -0.121. The summed E-state index contributed by atoms with van der Waals surface area (Å²) in [6.45, 7) is 5.26. The highest BCUT2D eigenvalue weighted by molar-refractivity contribution is 7.09. The molecule has 2 heterocycles. The molecule has 0 radical (unpaired) electrons. The van der Waals surface area contributed by atoms with Crippen molar-refractivity contribution >= 4 is 22.9 Å². The molecular weight excluding hydrogens is 260 g/mol. The van der Waals surface area contributed by atoms with E-state index in [1.54, 1.807) is 17.5 Å². The van der Waals surface area contributed by atoms with E-state index >= 15 is 0 Å². The summed E-state index contributed by atoms with van der Waals surface area (Å²) < 4.78 is 1.82. The average molecular weight is 278 g/mol. The van der Waals surface area contributed by atoms with E-state index in [1.807, 2.05) is 42.2 Å². The van der Waals surface area contributed by atoms with Gasteiger partial charge in [-0.25, -0.2) is 0 Å². The number of amides is 1. The minimum Gasteiger partial charge on any atom is -0.371 e. The summed E-state index contributed by atoms with van der Waals surface area (Å²) >= 11 is 1.64. The Morgan fingerprint density at radius 1 is 1.58 bits per heavy atom. The van der Waals surface area contributed by atoms with Crippen molar-refractivity contribution in [2.24, 2.45) is 0 Å². The standard InChI is InChI=1S/C13H18N4OS/c1-3-17-9-11(7-15-17)16-10(2)13(18)14-8-12-5-4-6-19-12/h4-7,9-10,16H,3,8H2,1-2H3,(H,14,18). The minimum atomic E-state index is -0.283. The quantitative estimate of drug-likeness (QED) is 0.850. The zero-order valence-corrected chi connectivity index (χ0v) is 11.9. The molecule has 5 nitrogen and oxygen atoms in total. The van der Waals surface area contributed by atoms with E-state index in [0.29, 0.717) is 6.54 Å². The van der Waals surface area contributed by atoms with Gasteiger partial charge in [-0.15, -0.1) is 11.3 Å². The molecule has 0 spiro atoms. The number of nitrogens with one attached hydrogen (secondary N) is 2. The molecule has 0 aliphatic carbocycles. The molecular formula is C13H18N4OS. The van der Waals surface area contributed by atoms with E-state index in [-0.39, 0.29) is 11.9 Å². The number of aromatic nitrogens is 2. The topological polar surface area (TPSA) is 59.0 Å². The number of anilines is 1. The van der Waals surface area contributed by atoms with Crippen LogP contribution < -0.4 is 10.6 Å². The number of hydrogen-bond donors (Lipinski definition) is 2. The predicted octanol–water partition coefficient (Wildman–Crippen LogP) is 2.08. The molecule has 1 atom stereocenters. The van der Waals surface area contributed by atoms with Crippen molar-refractivity contribution in [3.8, 4) is 0 Å². The van der Waals surface area contributed by atoms with Gasteiger partial charge in [0, 0.05) is 17.6 Å². The third kappa shape index (κ3) is 3.82. The first-order chi connectivity index (χ1) is 9.19. The molecule has 102 valence electrons. The number of carbonyl (C=O) groups excluding carboxylic acids is 1. The van der Waals surface area contributed by atoms with Crippen molar-refractivity contribution in [3.05, 3.63) is 34.8 Å². The molecule has 1 amide bonds. The SMILES string of the molecule is CCn1cc(NC(C)C(=O)NCc2cccs2)cn1. The minimum absolute atomic E-state index is 0.0161. The first kappa shape index (κ1) is 13.6. The highest BCUT2D eigenvalue weighted by Crippen LogP contribution is 2.09. The normalized spacial score (nSPS) is 12.1. The second kappa shape index (κ2) is 6.38. The van der Waals surface area contributed by atoms with E-state index in [1.165, 1.54) is 0 Å². The number of aryl methyl sites for hydroxylation is 1. The molecule has 2 aromatic rings. The van der Waals surface area contributed by atoms with E-state index in [9.17, 15) is 4.79 Å². The molecule has 2 aromatic heterocycles. The summed E-state index contributed by atoms with van der Waals surface area (Å²) in [5.41, 5.74) is 0.862. The van der Waals surface area contributed by atoms with Gasteiger partial charge in [-0.05, 0) is 25.3 Å². The van der Waals surface area contributed by atoms with E-state index in [4.69, 9.17) is 0 Å². The van der Waals surface area contributed by atoms with Crippen LogP contribution in [0, 0.1) is 0 Å². The van der Waals surface area contributed by atoms with Crippen molar-refractivity contribution < 1.29 is 4.79 Å². The smallest absolute Gasteiger partial charge is 0.242 e. The Hall–Kier alpha value is -1.82. The van der Waals surface area contributed by atoms with Gasteiger partial charge in [0.2, 0.25) is 5.91 Å². The first-order valence-electron chi connectivity index (χ1n) is 6.28. The van der Waals surface area contributed by atoms with Crippen molar-refractivity contribution in [2.75, 3.05) is 5.32 Å². The fourth-order valence-electron chi connectivity index (χ4n) is 1.67. The maximum Gasteiger partial charge on any atom is 0.242 e. The molecule has 2 N–H and O–H groups in total. The molecule has 0 aliphatic rings. The van der Waals surface area contributed by atoms with Crippen LogP contribution in [-0.4, -0.2) is 21.7 Å². The Bertz CT molecular complexity index is 520. The van der Waals surface area contributed by atoms with Gasteiger partial charge >= 0.3 is 0 Å². The number of rotatable bonds is 6. The fourth-order valence-corrected chi connectivity index (χ4v) is 2.31. The number of hydrogen-bond acceptors (Lipinski definition) is 4. The Morgan fingerprint density at radius 2 is 2.42 bits per heavy atom. The molecule has 2 rings (SSSR count). The Morgan fingerprint density at radius 3 is 3.05 bits per heavy atom. The fraction of sp³-hybridized carbons (Fsp3) is 0.385. The van der Waals surface area contributed by atoms with Crippen LogP contribution in [0.2, 0.25) is 0 Å². The summed E-state index contributed by atoms with van der Waals surface area (Å²) in [4.78, 5) is 13.1. The van der Waals surface area contributed by atoms with Gasteiger partial charge in [0.1, 0.15) is 6.04 Å². The largest absolute Gasteiger partial charge is 0.371 e. The number of thiophene rings is 1. The van der Waals surface area contributed by atoms with E-state index in [2.05, 4.69) is 15.7 Å². The maximum atomic E-state index is 11.9. The lowest BCUT2D eigenvalue weighted by atomic mass is 10.3. The van der Waals surface area contributed by atoms with E-state index < -0.39 is 0 Å². The second-order valence-electron chi connectivity index (χ2n) is 4.25. The molecule has 0 fully saturated rings. The third-order valence-corrected chi connectivity index (χ3v) is 3.63. The van der Waals surface area contributed by atoms with Gasteiger partial charge in [-0.1, -0.05) is 6.07 Å². The average Bonchev–Trinajstić information content (AvgIpc) is 3.06. The van der Waals surface area contributed by atoms with Crippen LogP contribution >= 0.6 is 11.3 Å². The van der Waals surface area contributed by atoms with Crippen LogP contribution in [0.1, 0.15) is 18.7 Å². The zero-order valence-electron chi connectivity index (χ0n) is 11.1. The van der Waals surface area contributed by atoms with Crippen LogP contribution in [0.5, 0.6) is 0 Å². The van der Waals surface area contributed by atoms with Gasteiger partial charge in [-0.2, -0.15) is 5.10 Å². The monoisotopic (exact) mass is 278 g/mol. The Kier molecular flexibility index (Phi) is 4.57. The molecule has 0 bridgehead atoms.